The summed E-state index contributed by atoms with van der Waals surface area (Å²) in [5, 5.41) is 0. The number of aryl methyl sites for hydroxylation is 1. The molecule has 1 fully saturated rings. The molecule has 2 rings (SSSR count). The quantitative estimate of drug-likeness (QED) is 0.758. The Hall–Kier alpha value is -0.640. The van der Waals surface area contributed by atoms with Gasteiger partial charge in [-0.2, -0.15) is 11.8 Å². The van der Waals surface area contributed by atoms with Crippen molar-refractivity contribution < 1.29 is 0 Å². The Labute approximate surface area is 89.1 Å². The standard InChI is InChI=1S/C10H17N3S/c1-14-6-2-3-9-10(11)13(7-12-9)8-4-5-8/h7-8H,2-6,11H2,1H3. The third-order valence-corrected chi connectivity index (χ3v) is 3.31. The van der Waals surface area contributed by atoms with E-state index in [0.29, 0.717) is 6.04 Å². The Balaban J connectivity index is 1.96. The van der Waals surface area contributed by atoms with E-state index in [4.69, 9.17) is 5.73 Å². The van der Waals surface area contributed by atoms with Crippen molar-refractivity contribution in [2.75, 3.05) is 17.7 Å². The van der Waals surface area contributed by atoms with Crippen molar-refractivity contribution in [1.29, 1.82) is 0 Å². The predicted octanol–water partition coefficient (Wildman–Crippen LogP) is 2.10. The zero-order chi connectivity index (χ0) is 9.97. The summed E-state index contributed by atoms with van der Waals surface area (Å²) in [7, 11) is 0. The van der Waals surface area contributed by atoms with Gasteiger partial charge in [0.05, 0.1) is 12.0 Å². The van der Waals surface area contributed by atoms with Crippen molar-refractivity contribution >= 4 is 17.6 Å². The number of imidazole rings is 1. The molecule has 1 aromatic rings. The van der Waals surface area contributed by atoms with Gasteiger partial charge >= 0.3 is 0 Å². The summed E-state index contributed by atoms with van der Waals surface area (Å²) in [6.07, 6.45) is 8.77. The molecule has 1 heterocycles. The average Bonchev–Trinajstić information content (AvgIpc) is 2.95. The highest BCUT2D eigenvalue weighted by molar-refractivity contribution is 7.98. The first-order chi connectivity index (χ1) is 6.83. The molecule has 0 aromatic carbocycles. The molecule has 0 unspecified atom stereocenters. The van der Waals surface area contributed by atoms with Gasteiger partial charge in [0.15, 0.2) is 0 Å². The Kier molecular flexibility index (Phi) is 3.01. The van der Waals surface area contributed by atoms with Gasteiger partial charge in [-0.3, -0.25) is 0 Å². The lowest BCUT2D eigenvalue weighted by atomic mass is 10.2. The minimum absolute atomic E-state index is 0.650. The first-order valence-electron chi connectivity index (χ1n) is 5.13. The molecule has 0 radical (unpaired) electrons. The normalized spacial score (nSPS) is 16.1. The van der Waals surface area contributed by atoms with Crippen LogP contribution in [0.25, 0.3) is 0 Å². The molecule has 1 aliphatic carbocycles. The van der Waals surface area contributed by atoms with Gasteiger partial charge in [-0.15, -0.1) is 0 Å². The van der Waals surface area contributed by atoms with E-state index in [0.717, 1.165) is 17.9 Å². The summed E-state index contributed by atoms with van der Waals surface area (Å²) >= 11 is 1.88. The summed E-state index contributed by atoms with van der Waals surface area (Å²) in [6.45, 7) is 0. The summed E-state index contributed by atoms with van der Waals surface area (Å²) in [6, 6.07) is 0.650. The van der Waals surface area contributed by atoms with Gasteiger partial charge in [-0.25, -0.2) is 4.98 Å². The molecule has 0 spiro atoms. The Morgan fingerprint density at radius 2 is 2.43 bits per heavy atom. The monoisotopic (exact) mass is 211 g/mol. The van der Waals surface area contributed by atoms with Gasteiger partial charge in [-0.05, 0) is 37.7 Å². The van der Waals surface area contributed by atoms with Crippen LogP contribution < -0.4 is 5.73 Å². The zero-order valence-electron chi connectivity index (χ0n) is 8.57. The van der Waals surface area contributed by atoms with Gasteiger partial charge < -0.3 is 10.3 Å². The third-order valence-electron chi connectivity index (χ3n) is 2.61. The lowest BCUT2D eigenvalue weighted by Gasteiger charge is -2.02. The van der Waals surface area contributed by atoms with E-state index < -0.39 is 0 Å². The zero-order valence-corrected chi connectivity index (χ0v) is 9.39. The fourth-order valence-electron chi connectivity index (χ4n) is 1.63. The number of anilines is 1. The Morgan fingerprint density at radius 1 is 1.64 bits per heavy atom. The van der Waals surface area contributed by atoms with Crippen LogP contribution in [0, 0.1) is 0 Å². The number of thioether (sulfide) groups is 1. The van der Waals surface area contributed by atoms with Crippen molar-refractivity contribution in [3.63, 3.8) is 0 Å². The Morgan fingerprint density at radius 3 is 3.07 bits per heavy atom. The second kappa shape index (κ2) is 4.26. The van der Waals surface area contributed by atoms with E-state index in [-0.39, 0.29) is 0 Å². The second-order valence-corrected chi connectivity index (χ2v) is 4.80. The maximum Gasteiger partial charge on any atom is 0.126 e. The highest BCUT2D eigenvalue weighted by atomic mass is 32.2. The average molecular weight is 211 g/mol. The van der Waals surface area contributed by atoms with Crippen molar-refractivity contribution in [1.82, 2.24) is 9.55 Å². The van der Waals surface area contributed by atoms with Crippen molar-refractivity contribution in [3.05, 3.63) is 12.0 Å². The molecule has 78 valence electrons. The van der Waals surface area contributed by atoms with Gasteiger partial charge in [0.25, 0.3) is 0 Å². The molecule has 1 aromatic heterocycles. The van der Waals surface area contributed by atoms with E-state index in [9.17, 15) is 0 Å². The lowest BCUT2D eigenvalue weighted by Crippen LogP contribution is -2.01. The van der Waals surface area contributed by atoms with E-state index in [1.807, 2.05) is 18.1 Å². The van der Waals surface area contributed by atoms with Crippen LogP contribution in [0.4, 0.5) is 5.82 Å². The van der Waals surface area contributed by atoms with Crippen LogP contribution in [0.3, 0.4) is 0 Å². The van der Waals surface area contributed by atoms with E-state index in [1.165, 1.54) is 25.0 Å². The molecule has 2 N–H and O–H groups in total. The minimum Gasteiger partial charge on any atom is -0.384 e. The van der Waals surface area contributed by atoms with Gasteiger partial charge in [-0.1, -0.05) is 0 Å². The van der Waals surface area contributed by atoms with Crippen molar-refractivity contribution in [3.8, 4) is 0 Å². The molecule has 0 amide bonds. The van der Waals surface area contributed by atoms with E-state index in [1.54, 1.807) is 0 Å². The number of rotatable bonds is 5. The lowest BCUT2D eigenvalue weighted by molar-refractivity contribution is 0.750. The fourth-order valence-corrected chi connectivity index (χ4v) is 2.06. The summed E-state index contributed by atoms with van der Waals surface area (Å²) < 4.78 is 2.13. The van der Waals surface area contributed by atoms with Crippen LogP contribution in [-0.2, 0) is 6.42 Å². The van der Waals surface area contributed by atoms with Crippen LogP contribution in [0.2, 0.25) is 0 Å². The highest BCUT2D eigenvalue weighted by Crippen LogP contribution is 2.37. The topological polar surface area (TPSA) is 43.8 Å². The molecule has 3 nitrogen and oxygen atoms in total. The largest absolute Gasteiger partial charge is 0.384 e. The predicted molar refractivity (Wildman–Crippen MR) is 61.6 cm³/mol. The smallest absolute Gasteiger partial charge is 0.126 e. The molecule has 0 bridgehead atoms. The number of hydrogen-bond acceptors (Lipinski definition) is 3. The van der Waals surface area contributed by atoms with Crippen LogP contribution >= 0.6 is 11.8 Å². The van der Waals surface area contributed by atoms with Crippen LogP contribution in [0.1, 0.15) is 31.0 Å². The van der Waals surface area contributed by atoms with E-state index in [2.05, 4.69) is 15.8 Å². The Bertz CT molecular complexity index is 304. The molecule has 0 atom stereocenters. The molecule has 4 heteroatoms. The number of aromatic nitrogens is 2. The molecule has 1 aliphatic rings. The first kappa shape index (κ1) is 9.90. The summed E-state index contributed by atoms with van der Waals surface area (Å²) in [5.74, 6) is 2.09. The highest BCUT2D eigenvalue weighted by Gasteiger charge is 2.25. The maximum atomic E-state index is 6.02. The third kappa shape index (κ3) is 2.05. The SMILES string of the molecule is CSCCCc1ncn(C2CC2)c1N. The summed E-state index contributed by atoms with van der Waals surface area (Å²) in [4.78, 5) is 4.38. The van der Waals surface area contributed by atoms with Gasteiger partial charge in [0.1, 0.15) is 5.82 Å². The molecular formula is C10H17N3S. The minimum atomic E-state index is 0.650. The number of nitrogens with two attached hydrogens (primary N) is 1. The maximum absolute atomic E-state index is 6.02. The van der Waals surface area contributed by atoms with Crippen LogP contribution in [0.5, 0.6) is 0 Å². The molecule has 0 saturated heterocycles. The number of nitrogens with zero attached hydrogens (tertiary/aromatic N) is 2. The van der Waals surface area contributed by atoms with Crippen LogP contribution in [0.15, 0.2) is 6.33 Å². The summed E-state index contributed by atoms with van der Waals surface area (Å²) in [5.41, 5.74) is 7.11. The van der Waals surface area contributed by atoms with Gasteiger partial charge in [0.2, 0.25) is 0 Å². The van der Waals surface area contributed by atoms with Crippen molar-refractivity contribution in [2.24, 2.45) is 0 Å². The molecule has 14 heavy (non-hydrogen) atoms. The van der Waals surface area contributed by atoms with Crippen LogP contribution in [-0.4, -0.2) is 21.6 Å². The van der Waals surface area contributed by atoms with E-state index >= 15 is 0 Å². The second-order valence-electron chi connectivity index (χ2n) is 3.81. The fraction of sp³-hybridized carbons (Fsp3) is 0.700. The number of nitrogen functional groups attached to an aromatic ring is 1. The first-order valence-corrected chi connectivity index (χ1v) is 6.52. The van der Waals surface area contributed by atoms with Gasteiger partial charge in [0, 0.05) is 6.04 Å². The number of hydrogen-bond donors (Lipinski definition) is 1. The van der Waals surface area contributed by atoms with Crippen molar-refractivity contribution in [2.45, 2.75) is 31.7 Å². The molecule has 1 saturated carbocycles. The molecule has 0 aliphatic heterocycles. The molecular weight excluding hydrogens is 194 g/mol.